The molecule has 7 nitrogen and oxygen atoms in total. The van der Waals surface area contributed by atoms with E-state index in [0.717, 1.165) is 37.1 Å². The fraction of sp³-hybridized carbons (Fsp3) is 0.450. The third-order valence-electron chi connectivity index (χ3n) is 4.96. The van der Waals surface area contributed by atoms with Crippen LogP contribution in [0.2, 0.25) is 0 Å². The van der Waals surface area contributed by atoms with Crippen LogP contribution in [0.5, 0.6) is 0 Å². The summed E-state index contributed by atoms with van der Waals surface area (Å²) in [5.41, 5.74) is 2.53. The van der Waals surface area contributed by atoms with Crippen LogP contribution in [0.15, 0.2) is 36.7 Å². The molecule has 0 spiro atoms. The minimum atomic E-state index is -0.0930. The molecule has 0 saturated carbocycles. The summed E-state index contributed by atoms with van der Waals surface area (Å²) >= 11 is 0. The molecule has 0 aliphatic carbocycles. The molecule has 1 aromatic carbocycles. The van der Waals surface area contributed by atoms with Crippen LogP contribution in [0.3, 0.4) is 0 Å². The summed E-state index contributed by atoms with van der Waals surface area (Å²) in [6, 6.07) is 7.71. The Balaban J connectivity index is 1.52. The van der Waals surface area contributed by atoms with E-state index < -0.39 is 0 Å². The number of H-pyrrole nitrogens is 1. The highest BCUT2D eigenvalue weighted by Crippen LogP contribution is 2.21. The SMILES string of the molecule is CN(C)CCN1C(=O)CC[C@H]1CCNC(=O)c1cccc(-c2cn[nH]c2)c1. The first-order valence-corrected chi connectivity index (χ1v) is 9.36. The third-order valence-corrected chi connectivity index (χ3v) is 4.96. The van der Waals surface area contributed by atoms with Crippen molar-refractivity contribution in [3.05, 3.63) is 42.2 Å². The zero-order chi connectivity index (χ0) is 19.2. The summed E-state index contributed by atoms with van der Waals surface area (Å²) in [6.45, 7) is 2.16. The molecular weight excluding hydrogens is 342 g/mol. The number of likely N-dealkylation sites (N-methyl/N-ethyl adjacent to an activating group) is 1. The smallest absolute Gasteiger partial charge is 0.251 e. The van der Waals surface area contributed by atoms with Gasteiger partial charge in [-0.05, 0) is 44.6 Å². The number of rotatable bonds is 8. The van der Waals surface area contributed by atoms with Gasteiger partial charge in [0.2, 0.25) is 5.91 Å². The van der Waals surface area contributed by atoms with Crippen LogP contribution in [0, 0.1) is 0 Å². The molecule has 1 aliphatic rings. The van der Waals surface area contributed by atoms with E-state index in [0.29, 0.717) is 18.5 Å². The lowest BCUT2D eigenvalue weighted by molar-refractivity contribution is -0.129. The number of carbonyl (C=O) groups is 2. The van der Waals surface area contributed by atoms with Gasteiger partial charge in [-0.2, -0.15) is 5.10 Å². The molecular formula is C20H27N5O2. The summed E-state index contributed by atoms with van der Waals surface area (Å²) in [5.74, 6) is 0.130. The van der Waals surface area contributed by atoms with E-state index in [1.54, 1.807) is 18.5 Å². The molecule has 1 saturated heterocycles. The van der Waals surface area contributed by atoms with E-state index in [-0.39, 0.29) is 17.9 Å². The molecule has 144 valence electrons. The number of benzene rings is 1. The average Bonchev–Trinajstić information content (AvgIpc) is 3.30. The number of carbonyl (C=O) groups excluding carboxylic acids is 2. The molecule has 1 atom stereocenters. The van der Waals surface area contributed by atoms with Crippen LogP contribution in [-0.2, 0) is 4.79 Å². The van der Waals surface area contributed by atoms with Crippen LogP contribution < -0.4 is 5.32 Å². The van der Waals surface area contributed by atoms with Crippen molar-refractivity contribution in [2.75, 3.05) is 33.7 Å². The highest BCUT2D eigenvalue weighted by Gasteiger charge is 2.30. The molecule has 27 heavy (non-hydrogen) atoms. The molecule has 2 amide bonds. The van der Waals surface area contributed by atoms with Crippen molar-refractivity contribution >= 4 is 11.8 Å². The van der Waals surface area contributed by atoms with E-state index in [1.165, 1.54) is 0 Å². The van der Waals surface area contributed by atoms with Gasteiger partial charge in [0.15, 0.2) is 0 Å². The lowest BCUT2D eigenvalue weighted by atomic mass is 10.1. The Morgan fingerprint density at radius 3 is 2.96 bits per heavy atom. The Kier molecular flexibility index (Phi) is 6.24. The summed E-state index contributed by atoms with van der Waals surface area (Å²) < 4.78 is 0. The minimum absolute atomic E-state index is 0.0930. The monoisotopic (exact) mass is 369 g/mol. The maximum absolute atomic E-state index is 12.5. The number of amides is 2. The fourth-order valence-corrected chi connectivity index (χ4v) is 3.41. The Bertz CT molecular complexity index is 772. The summed E-state index contributed by atoms with van der Waals surface area (Å²) in [6.07, 6.45) is 5.80. The molecule has 0 bridgehead atoms. The van der Waals surface area contributed by atoms with Crippen LogP contribution in [0.1, 0.15) is 29.6 Å². The molecule has 2 aromatic rings. The van der Waals surface area contributed by atoms with Gasteiger partial charge < -0.3 is 15.1 Å². The van der Waals surface area contributed by atoms with Crippen LogP contribution in [0.25, 0.3) is 11.1 Å². The third kappa shape index (κ3) is 4.95. The molecule has 7 heteroatoms. The number of hydrogen-bond donors (Lipinski definition) is 2. The Morgan fingerprint density at radius 1 is 1.37 bits per heavy atom. The number of aromatic nitrogens is 2. The molecule has 2 N–H and O–H groups in total. The van der Waals surface area contributed by atoms with E-state index in [9.17, 15) is 9.59 Å². The molecule has 3 rings (SSSR count). The van der Waals surface area contributed by atoms with Crippen molar-refractivity contribution < 1.29 is 9.59 Å². The first-order chi connectivity index (χ1) is 13.0. The number of nitrogens with one attached hydrogen (secondary N) is 2. The van der Waals surface area contributed by atoms with Gasteiger partial charge in [-0.1, -0.05) is 12.1 Å². The Labute approximate surface area is 159 Å². The number of hydrogen-bond acceptors (Lipinski definition) is 4. The van der Waals surface area contributed by atoms with Gasteiger partial charge in [-0.3, -0.25) is 14.7 Å². The molecule has 2 heterocycles. The average molecular weight is 369 g/mol. The maximum atomic E-state index is 12.5. The molecule has 1 fully saturated rings. The topological polar surface area (TPSA) is 81.3 Å². The van der Waals surface area contributed by atoms with Crippen LogP contribution in [0.4, 0.5) is 0 Å². The van der Waals surface area contributed by atoms with Crippen LogP contribution in [-0.4, -0.2) is 71.6 Å². The summed E-state index contributed by atoms with van der Waals surface area (Å²) in [4.78, 5) is 28.6. The second-order valence-electron chi connectivity index (χ2n) is 7.20. The maximum Gasteiger partial charge on any atom is 0.251 e. The predicted octanol–water partition coefficient (Wildman–Crippen LogP) is 1.75. The minimum Gasteiger partial charge on any atom is -0.352 e. The van der Waals surface area contributed by atoms with Gasteiger partial charge in [0.25, 0.3) is 5.91 Å². The van der Waals surface area contributed by atoms with Gasteiger partial charge in [0, 0.05) is 49.4 Å². The van der Waals surface area contributed by atoms with Gasteiger partial charge in [-0.15, -0.1) is 0 Å². The molecule has 1 aromatic heterocycles. The molecule has 0 radical (unpaired) electrons. The first kappa shape index (κ1) is 19.1. The van der Waals surface area contributed by atoms with E-state index in [2.05, 4.69) is 20.4 Å². The summed E-state index contributed by atoms with van der Waals surface area (Å²) in [5, 5.41) is 9.71. The normalized spacial score (nSPS) is 16.9. The largest absolute Gasteiger partial charge is 0.352 e. The number of likely N-dealkylation sites (tertiary alicyclic amines) is 1. The second-order valence-corrected chi connectivity index (χ2v) is 7.20. The quantitative estimate of drug-likeness (QED) is 0.743. The fourth-order valence-electron chi connectivity index (χ4n) is 3.41. The number of nitrogens with zero attached hydrogens (tertiary/aromatic N) is 3. The lowest BCUT2D eigenvalue weighted by Crippen LogP contribution is -2.40. The first-order valence-electron chi connectivity index (χ1n) is 9.36. The summed E-state index contributed by atoms with van der Waals surface area (Å²) in [7, 11) is 4.01. The van der Waals surface area contributed by atoms with Crippen molar-refractivity contribution in [2.45, 2.75) is 25.3 Å². The van der Waals surface area contributed by atoms with Gasteiger partial charge in [-0.25, -0.2) is 0 Å². The van der Waals surface area contributed by atoms with Crippen molar-refractivity contribution in [1.29, 1.82) is 0 Å². The van der Waals surface area contributed by atoms with E-state index in [4.69, 9.17) is 0 Å². The van der Waals surface area contributed by atoms with Crippen LogP contribution >= 0.6 is 0 Å². The van der Waals surface area contributed by atoms with Gasteiger partial charge in [0.05, 0.1) is 6.20 Å². The zero-order valence-electron chi connectivity index (χ0n) is 15.9. The van der Waals surface area contributed by atoms with E-state index in [1.807, 2.05) is 37.2 Å². The predicted molar refractivity (Wildman–Crippen MR) is 104 cm³/mol. The second kappa shape index (κ2) is 8.81. The van der Waals surface area contributed by atoms with Gasteiger partial charge >= 0.3 is 0 Å². The molecule has 1 aliphatic heterocycles. The van der Waals surface area contributed by atoms with Crippen molar-refractivity contribution in [2.24, 2.45) is 0 Å². The van der Waals surface area contributed by atoms with Crippen molar-refractivity contribution in [3.63, 3.8) is 0 Å². The highest BCUT2D eigenvalue weighted by molar-refractivity contribution is 5.95. The van der Waals surface area contributed by atoms with Gasteiger partial charge in [0.1, 0.15) is 0 Å². The zero-order valence-corrected chi connectivity index (χ0v) is 15.9. The van der Waals surface area contributed by atoms with E-state index >= 15 is 0 Å². The Hall–Kier alpha value is -2.67. The van der Waals surface area contributed by atoms with Crippen molar-refractivity contribution in [1.82, 2.24) is 25.3 Å². The lowest BCUT2D eigenvalue weighted by Gasteiger charge is -2.26. The standard InChI is InChI=1S/C20H27N5O2/c1-24(2)10-11-25-18(6-7-19(25)26)8-9-21-20(27)16-5-3-4-15(12-16)17-13-22-23-14-17/h3-5,12-14,18H,6-11H2,1-2H3,(H,21,27)(H,22,23)/t18-/m0/s1. The number of aromatic amines is 1. The molecule has 0 unspecified atom stereocenters. The Morgan fingerprint density at radius 2 is 2.22 bits per heavy atom. The highest BCUT2D eigenvalue weighted by atomic mass is 16.2. The van der Waals surface area contributed by atoms with Crippen molar-refractivity contribution in [3.8, 4) is 11.1 Å².